The second-order valence-corrected chi connectivity index (χ2v) is 6.35. The van der Waals surface area contributed by atoms with E-state index in [2.05, 4.69) is 16.0 Å². The van der Waals surface area contributed by atoms with Crippen molar-refractivity contribution in [1.82, 2.24) is 14.9 Å². The molecule has 0 radical (unpaired) electrons. The van der Waals surface area contributed by atoms with Gasteiger partial charge in [-0.15, -0.1) is 0 Å². The minimum absolute atomic E-state index is 0.102. The Morgan fingerprint density at radius 1 is 1.14 bits per heavy atom. The Morgan fingerprint density at radius 3 is 2.68 bits per heavy atom. The first-order valence-electron chi connectivity index (χ1n) is 7.34. The minimum Gasteiger partial charge on any atom is -0.367 e. The topological polar surface area (TPSA) is 52.2 Å². The summed E-state index contributed by atoms with van der Waals surface area (Å²) < 4.78 is 1.21. The van der Waals surface area contributed by atoms with Crippen molar-refractivity contribution >= 4 is 32.6 Å². The summed E-state index contributed by atoms with van der Waals surface area (Å²) in [7, 11) is 0. The first-order valence-corrected chi connectivity index (χ1v) is 8.15. The smallest absolute Gasteiger partial charge is 0.255 e. The molecule has 1 fully saturated rings. The lowest BCUT2D eigenvalue weighted by Gasteiger charge is -2.34. The van der Waals surface area contributed by atoms with Crippen LogP contribution in [0, 0.1) is 0 Å². The van der Waals surface area contributed by atoms with Gasteiger partial charge < -0.3 is 14.8 Å². The highest BCUT2D eigenvalue weighted by Crippen LogP contribution is 2.29. The van der Waals surface area contributed by atoms with Gasteiger partial charge in [-0.25, -0.2) is 4.98 Å². The van der Waals surface area contributed by atoms with Gasteiger partial charge in [0.05, 0.1) is 15.8 Å². The molecule has 6 heteroatoms. The quantitative estimate of drug-likeness (QED) is 0.791. The average molecular weight is 312 g/mol. The maximum absolute atomic E-state index is 12.3. The zero-order valence-electron chi connectivity index (χ0n) is 12.0. The van der Waals surface area contributed by atoms with Crippen molar-refractivity contribution in [3.63, 3.8) is 0 Å². The molecule has 3 heterocycles. The minimum atomic E-state index is 0.102. The van der Waals surface area contributed by atoms with E-state index >= 15 is 0 Å². The van der Waals surface area contributed by atoms with Gasteiger partial charge >= 0.3 is 0 Å². The summed E-state index contributed by atoms with van der Waals surface area (Å²) in [6.45, 7) is 3.13. The summed E-state index contributed by atoms with van der Waals surface area (Å²) in [5.74, 6) is 0.102. The van der Waals surface area contributed by atoms with E-state index in [0.717, 1.165) is 42.4 Å². The number of nitrogens with zero attached hydrogens (tertiary/aromatic N) is 3. The standard InChI is InChI=1S/C16H16N4OS/c21-15(12-5-6-17-11-12)19-7-9-20(10-8-19)16-18-13-3-1-2-4-14(13)22-16/h1-6,11,17H,7-10H2. The van der Waals surface area contributed by atoms with E-state index < -0.39 is 0 Å². The van der Waals surface area contributed by atoms with Crippen molar-refractivity contribution in [2.24, 2.45) is 0 Å². The Labute approximate surface area is 132 Å². The molecular formula is C16H16N4OS. The number of anilines is 1. The van der Waals surface area contributed by atoms with Gasteiger partial charge in [0.15, 0.2) is 5.13 Å². The van der Waals surface area contributed by atoms with Crippen molar-refractivity contribution in [2.45, 2.75) is 0 Å². The van der Waals surface area contributed by atoms with Crippen LogP contribution in [0.2, 0.25) is 0 Å². The molecule has 0 bridgehead atoms. The molecule has 2 aromatic heterocycles. The molecule has 0 spiro atoms. The van der Waals surface area contributed by atoms with Gasteiger partial charge in [0, 0.05) is 38.6 Å². The van der Waals surface area contributed by atoms with Crippen molar-refractivity contribution in [1.29, 1.82) is 0 Å². The molecule has 5 nitrogen and oxygen atoms in total. The average Bonchev–Trinajstić information content (AvgIpc) is 3.23. The van der Waals surface area contributed by atoms with Crippen molar-refractivity contribution in [2.75, 3.05) is 31.1 Å². The number of carbonyl (C=O) groups excluding carboxylic acids is 1. The molecule has 22 heavy (non-hydrogen) atoms. The van der Waals surface area contributed by atoms with Crippen LogP contribution in [0.15, 0.2) is 42.7 Å². The third-order valence-electron chi connectivity index (χ3n) is 3.96. The first-order chi connectivity index (χ1) is 10.8. The first kappa shape index (κ1) is 13.3. The number of carbonyl (C=O) groups is 1. The maximum Gasteiger partial charge on any atom is 0.255 e. The van der Waals surface area contributed by atoms with Gasteiger partial charge in [-0.05, 0) is 18.2 Å². The molecule has 1 saturated heterocycles. The molecule has 0 saturated carbocycles. The highest BCUT2D eigenvalue weighted by molar-refractivity contribution is 7.22. The number of benzene rings is 1. The molecule has 0 aliphatic carbocycles. The van der Waals surface area contributed by atoms with Crippen LogP contribution in [0.5, 0.6) is 0 Å². The van der Waals surface area contributed by atoms with E-state index in [9.17, 15) is 4.79 Å². The lowest BCUT2D eigenvalue weighted by atomic mass is 10.2. The SMILES string of the molecule is O=C(c1cc[nH]c1)N1CCN(c2nc3ccccc3s2)CC1. The molecule has 1 aromatic carbocycles. The number of hydrogen-bond donors (Lipinski definition) is 1. The largest absolute Gasteiger partial charge is 0.367 e. The summed E-state index contributed by atoms with van der Waals surface area (Å²) in [5.41, 5.74) is 1.78. The highest BCUT2D eigenvalue weighted by Gasteiger charge is 2.23. The Bertz CT molecular complexity index is 754. The lowest BCUT2D eigenvalue weighted by Crippen LogP contribution is -2.48. The third kappa shape index (κ3) is 2.35. The zero-order chi connectivity index (χ0) is 14.9. The summed E-state index contributed by atoms with van der Waals surface area (Å²) >= 11 is 1.72. The fraction of sp³-hybridized carbons (Fsp3) is 0.250. The number of amides is 1. The van der Waals surface area contributed by atoms with Gasteiger partial charge in [0.25, 0.3) is 5.91 Å². The molecule has 1 aliphatic rings. The van der Waals surface area contributed by atoms with E-state index in [4.69, 9.17) is 4.98 Å². The number of para-hydroxylation sites is 1. The van der Waals surface area contributed by atoms with Crippen LogP contribution in [0.25, 0.3) is 10.2 Å². The normalized spacial score (nSPS) is 15.5. The van der Waals surface area contributed by atoms with Crippen LogP contribution in [-0.2, 0) is 0 Å². The molecule has 1 amide bonds. The number of thiazole rings is 1. The molecule has 0 atom stereocenters. The third-order valence-corrected chi connectivity index (χ3v) is 5.06. The molecule has 112 valence electrons. The number of rotatable bonds is 2. The summed E-state index contributed by atoms with van der Waals surface area (Å²) in [6.07, 6.45) is 3.53. The Hall–Kier alpha value is -2.34. The predicted molar refractivity (Wildman–Crippen MR) is 88.5 cm³/mol. The van der Waals surface area contributed by atoms with Crippen LogP contribution >= 0.6 is 11.3 Å². The highest BCUT2D eigenvalue weighted by atomic mass is 32.1. The van der Waals surface area contributed by atoms with Crippen LogP contribution in [-0.4, -0.2) is 47.0 Å². The molecule has 0 unspecified atom stereocenters. The Balaban J connectivity index is 1.46. The fourth-order valence-corrected chi connectivity index (χ4v) is 3.75. The van der Waals surface area contributed by atoms with Gasteiger partial charge in [-0.1, -0.05) is 23.5 Å². The van der Waals surface area contributed by atoms with Crippen molar-refractivity contribution in [3.05, 3.63) is 48.3 Å². The second-order valence-electron chi connectivity index (χ2n) is 5.34. The monoisotopic (exact) mass is 312 g/mol. The summed E-state index contributed by atoms with van der Waals surface area (Å²) in [6, 6.07) is 10.0. The van der Waals surface area contributed by atoms with Gasteiger partial charge in [0.2, 0.25) is 0 Å². The molecular weight excluding hydrogens is 296 g/mol. The van der Waals surface area contributed by atoms with Crippen molar-refractivity contribution in [3.8, 4) is 0 Å². The number of hydrogen-bond acceptors (Lipinski definition) is 4. The molecule has 4 rings (SSSR count). The van der Waals surface area contributed by atoms with E-state index in [1.165, 1.54) is 4.70 Å². The van der Waals surface area contributed by atoms with Crippen molar-refractivity contribution < 1.29 is 4.79 Å². The number of piperazine rings is 1. The van der Waals surface area contributed by atoms with Crippen LogP contribution in [0.3, 0.4) is 0 Å². The van der Waals surface area contributed by atoms with E-state index in [1.807, 2.05) is 29.2 Å². The number of H-pyrrole nitrogens is 1. The van der Waals surface area contributed by atoms with Crippen LogP contribution in [0.4, 0.5) is 5.13 Å². The van der Waals surface area contributed by atoms with E-state index in [0.29, 0.717) is 0 Å². The Morgan fingerprint density at radius 2 is 1.95 bits per heavy atom. The van der Waals surface area contributed by atoms with Crippen LogP contribution in [0.1, 0.15) is 10.4 Å². The second kappa shape index (κ2) is 5.46. The van der Waals surface area contributed by atoms with Gasteiger partial charge in [-0.3, -0.25) is 4.79 Å². The zero-order valence-corrected chi connectivity index (χ0v) is 12.8. The lowest BCUT2D eigenvalue weighted by molar-refractivity contribution is 0.0747. The molecule has 1 aliphatic heterocycles. The van der Waals surface area contributed by atoms with Gasteiger partial charge in [0.1, 0.15) is 0 Å². The van der Waals surface area contributed by atoms with Gasteiger partial charge in [-0.2, -0.15) is 0 Å². The van der Waals surface area contributed by atoms with Crippen LogP contribution < -0.4 is 4.90 Å². The number of aromatic nitrogens is 2. The molecule has 1 N–H and O–H groups in total. The van der Waals surface area contributed by atoms with E-state index in [1.54, 1.807) is 23.7 Å². The van der Waals surface area contributed by atoms with E-state index in [-0.39, 0.29) is 5.91 Å². The fourth-order valence-electron chi connectivity index (χ4n) is 2.74. The summed E-state index contributed by atoms with van der Waals surface area (Å²) in [5, 5.41) is 1.05. The Kier molecular flexibility index (Phi) is 3.31. The number of nitrogens with one attached hydrogen (secondary N) is 1. The number of aromatic amines is 1. The maximum atomic E-state index is 12.3. The predicted octanol–water partition coefficient (Wildman–Crippen LogP) is 2.59. The number of fused-ring (bicyclic) bond motifs is 1. The molecule has 3 aromatic rings. The summed E-state index contributed by atoms with van der Waals surface area (Å²) in [4.78, 5) is 24.1.